The first kappa shape index (κ1) is 16.3. The van der Waals surface area contributed by atoms with Gasteiger partial charge in [-0.1, -0.05) is 30.3 Å². The van der Waals surface area contributed by atoms with E-state index in [1.165, 1.54) is 11.8 Å². The van der Waals surface area contributed by atoms with Crippen LogP contribution >= 0.6 is 11.8 Å². The fourth-order valence-corrected chi connectivity index (χ4v) is 4.19. The van der Waals surface area contributed by atoms with Gasteiger partial charge in [0.25, 0.3) is 0 Å². The summed E-state index contributed by atoms with van der Waals surface area (Å²) in [4.78, 5) is 0.242. The predicted molar refractivity (Wildman–Crippen MR) is 88.1 cm³/mol. The van der Waals surface area contributed by atoms with Crippen LogP contribution in [0.25, 0.3) is 10.8 Å². The van der Waals surface area contributed by atoms with Crippen LogP contribution in [0.1, 0.15) is 6.92 Å². The van der Waals surface area contributed by atoms with Gasteiger partial charge in [-0.05, 0) is 36.1 Å². The molecule has 0 spiro atoms. The third kappa shape index (κ3) is 3.77. The van der Waals surface area contributed by atoms with Crippen molar-refractivity contribution in [1.82, 2.24) is 4.72 Å². The van der Waals surface area contributed by atoms with E-state index in [0.717, 1.165) is 10.8 Å². The second kappa shape index (κ2) is 6.79. The SMILES string of the molecule is CSC(CO)C(C)NS(=O)(=O)c1ccc2ccccc2c1. The van der Waals surface area contributed by atoms with Crippen LogP contribution in [0, 0.1) is 0 Å². The number of nitrogens with one attached hydrogen (secondary N) is 1. The van der Waals surface area contributed by atoms with Crippen molar-refractivity contribution in [2.45, 2.75) is 23.1 Å². The molecule has 0 heterocycles. The van der Waals surface area contributed by atoms with Crippen molar-refractivity contribution in [3.63, 3.8) is 0 Å². The molecule has 0 amide bonds. The van der Waals surface area contributed by atoms with Crippen LogP contribution < -0.4 is 4.72 Å². The van der Waals surface area contributed by atoms with Crippen molar-refractivity contribution in [1.29, 1.82) is 0 Å². The number of aliphatic hydroxyl groups is 1. The number of aliphatic hydroxyl groups excluding tert-OH is 1. The molecule has 0 aliphatic heterocycles. The Hall–Kier alpha value is -1.08. The van der Waals surface area contributed by atoms with Crippen molar-refractivity contribution in [3.8, 4) is 0 Å². The maximum atomic E-state index is 12.4. The van der Waals surface area contributed by atoms with Gasteiger partial charge in [0.2, 0.25) is 10.0 Å². The van der Waals surface area contributed by atoms with E-state index in [-0.39, 0.29) is 22.8 Å². The van der Waals surface area contributed by atoms with Gasteiger partial charge < -0.3 is 5.11 Å². The van der Waals surface area contributed by atoms with Gasteiger partial charge >= 0.3 is 0 Å². The van der Waals surface area contributed by atoms with Crippen molar-refractivity contribution in [2.24, 2.45) is 0 Å². The monoisotopic (exact) mass is 325 g/mol. The minimum atomic E-state index is -3.59. The van der Waals surface area contributed by atoms with Crippen LogP contribution in [0.5, 0.6) is 0 Å². The highest BCUT2D eigenvalue weighted by atomic mass is 32.2. The Kier molecular flexibility index (Phi) is 5.27. The number of hydrogen-bond acceptors (Lipinski definition) is 4. The van der Waals surface area contributed by atoms with Gasteiger partial charge in [-0.3, -0.25) is 0 Å². The Morgan fingerprint density at radius 1 is 1.19 bits per heavy atom. The number of benzene rings is 2. The Labute approximate surface area is 129 Å². The number of thioether (sulfide) groups is 1. The van der Waals surface area contributed by atoms with E-state index < -0.39 is 10.0 Å². The van der Waals surface area contributed by atoms with E-state index in [9.17, 15) is 13.5 Å². The molecule has 21 heavy (non-hydrogen) atoms. The number of fused-ring (bicyclic) bond motifs is 1. The molecular weight excluding hydrogens is 306 g/mol. The second-order valence-corrected chi connectivity index (χ2v) is 7.67. The Morgan fingerprint density at radius 2 is 1.86 bits per heavy atom. The van der Waals surface area contributed by atoms with E-state index in [1.54, 1.807) is 25.1 Å². The van der Waals surface area contributed by atoms with Gasteiger partial charge in [-0.2, -0.15) is 11.8 Å². The van der Waals surface area contributed by atoms with E-state index in [1.807, 2.05) is 30.5 Å². The lowest BCUT2D eigenvalue weighted by Gasteiger charge is -2.21. The summed E-state index contributed by atoms with van der Waals surface area (Å²) in [6.45, 7) is 1.69. The molecule has 2 atom stereocenters. The molecule has 2 rings (SSSR count). The van der Waals surface area contributed by atoms with Gasteiger partial charge in [-0.25, -0.2) is 13.1 Å². The molecule has 114 valence electrons. The summed E-state index contributed by atoms with van der Waals surface area (Å²) in [5, 5.41) is 11.0. The summed E-state index contributed by atoms with van der Waals surface area (Å²) in [7, 11) is -3.59. The van der Waals surface area contributed by atoms with Crippen LogP contribution in [0.4, 0.5) is 0 Å². The average Bonchev–Trinajstić information content (AvgIpc) is 2.47. The quantitative estimate of drug-likeness (QED) is 0.855. The molecule has 2 aromatic carbocycles. The molecule has 2 N–H and O–H groups in total. The van der Waals surface area contributed by atoms with E-state index in [2.05, 4.69) is 4.72 Å². The normalized spacial score (nSPS) is 15.0. The molecule has 0 saturated heterocycles. The number of sulfonamides is 1. The lowest BCUT2D eigenvalue weighted by atomic mass is 10.1. The summed E-state index contributed by atoms with van der Waals surface area (Å²) >= 11 is 1.44. The smallest absolute Gasteiger partial charge is 0.240 e. The minimum absolute atomic E-state index is 0.0669. The third-order valence-electron chi connectivity index (χ3n) is 3.41. The lowest BCUT2D eigenvalue weighted by Crippen LogP contribution is -2.41. The predicted octanol–water partition coefficient (Wildman–Crippen LogP) is 2.23. The molecule has 0 fully saturated rings. The van der Waals surface area contributed by atoms with Crippen LogP contribution in [0.15, 0.2) is 47.4 Å². The van der Waals surface area contributed by atoms with Gasteiger partial charge in [0.15, 0.2) is 0 Å². The first-order chi connectivity index (χ1) is 9.97. The van der Waals surface area contributed by atoms with Crippen molar-refractivity contribution in [2.75, 3.05) is 12.9 Å². The zero-order valence-corrected chi connectivity index (χ0v) is 13.6. The fraction of sp³-hybridized carbons (Fsp3) is 0.333. The van der Waals surface area contributed by atoms with E-state index >= 15 is 0 Å². The molecule has 0 radical (unpaired) electrons. The Balaban J connectivity index is 2.29. The summed E-state index contributed by atoms with van der Waals surface area (Å²) in [6, 6.07) is 12.3. The topological polar surface area (TPSA) is 66.4 Å². The van der Waals surface area contributed by atoms with Gasteiger partial charge in [-0.15, -0.1) is 0 Å². The second-order valence-electron chi connectivity index (χ2n) is 4.88. The highest BCUT2D eigenvalue weighted by molar-refractivity contribution is 7.99. The largest absolute Gasteiger partial charge is 0.395 e. The Bertz CT molecular complexity index is 712. The van der Waals surface area contributed by atoms with Crippen LogP contribution in [-0.2, 0) is 10.0 Å². The molecule has 2 aromatic rings. The van der Waals surface area contributed by atoms with Crippen LogP contribution in [-0.4, -0.2) is 37.7 Å². The lowest BCUT2D eigenvalue weighted by molar-refractivity contribution is 0.282. The summed E-state index contributed by atoms with van der Waals surface area (Å²) in [5.41, 5.74) is 0. The Morgan fingerprint density at radius 3 is 2.48 bits per heavy atom. The van der Waals surface area contributed by atoms with Crippen molar-refractivity contribution >= 4 is 32.6 Å². The number of hydrogen-bond donors (Lipinski definition) is 2. The molecule has 0 aliphatic carbocycles. The molecule has 6 heteroatoms. The summed E-state index contributed by atoms with van der Waals surface area (Å²) in [5.74, 6) is 0. The number of rotatable bonds is 6. The summed E-state index contributed by atoms with van der Waals surface area (Å²) in [6.07, 6.45) is 1.85. The maximum Gasteiger partial charge on any atom is 0.240 e. The minimum Gasteiger partial charge on any atom is -0.395 e. The zero-order valence-electron chi connectivity index (χ0n) is 12.0. The van der Waals surface area contributed by atoms with E-state index in [0.29, 0.717) is 0 Å². The molecule has 4 nitrogen and oxygen atoms in total. The molecule has 0 bridgehead atoms. The molecule has 2 unspecified atom stereocenters. The fourth-order valence-electron chi connectivity index (χ4n) is 2.16. The van der Waals surface area contributed by atoms with Crippen molar-refractivity contribution in [3.05, 3.63) is 42.5 Å². The van der Waals surface area contributed by atoms with Gasteiger partial charge in [0, 0.05) is 11.3 Å². The first-order valence-electron chi connectivity index (χ1n) is 6.62. The molecule has 0 aromatic heterocycles. The zero-order chi connectivity index (χ0) is 15.5. The van der Waals surface area contributed by atoms with Crippen LogP contribution in [0.3, 0.4) is 0 Å². The standard InChI is InChI=1S/C15H19NO3S2/c1-11(15(10-17)20-2)16-21(18,19)14-8-7-12-5-3-4-6-13(12)9-14/h3-9,11,15-17H,10H2,1-2H3. The van der Waals surface area contributed by atoms with Gasteiger partial charge in [0.1, 0.15) is 0 Å². The van der Waals surface area contributed by atoms with Gasteiger partial charge in [0.05, 0.1) is 11.5 Å². The first-order valence-corrected chi connectivity index (χ1v) is 9.40. The summed E-state index contributed by atoms with van der Waals surface area (Å²) < 4.78 is 27.5. The van der Waals surface area contributed by atoms with Crippen LogP contribution in [0.2, 0.25) is 0 Å². The average molecular weight is 325 g/mol. The highest BCUT2D eigenvalue weighted by Crippen LogP contribution is 2.20. The third-order valence-corrected chi connectivity index (χ3v) is 6.13. The molecule has 0 saturated carbocycles. The molecule has 0 aliphatic rings. The highest BCUT2D eigenvalue weighted by Gasteiger charge is 2.22. The molecular formula is C15H19NO3S2. The maximum absolute atomic E-state index is 12.4. The van der Waals surface area contributed by atoms with E-state index in [4.69, 9.17) is 0 Å². The van der Waals surface area contributed by atoms with Crippen molar-refractivity contribution < 1.29 is 13.5 Å².